The van der Waals surface area contributed by atoms with Crippen molar-refractivity contribution in [1.29, 1.82) is 0 Å². The first-order valence-electron chi connectivity index (χ1n) is 8.36. The largest absolute Gasteiger partial charge is 0.480 e. The molecule has 0 aliphatic rings. The van der Waals surface area contributed by atoms with E-state index in [0.717, 1.165) is 38.0 Å². The summed E-state index contributed by atoms with van der Waals surface area (Å²) in [6.07, 6.45) is 9.47. The van der Waals surface area contributed by atoms with Gasteiger partial charge in [-0.1, -0.05) is 12.8 Å². The van der Waals surface area contributed by atoms with Gasteiger partial charge in [0.05, 0.1) is 13.3 Å². The lowest BCUT2D eigenvalue weighted by Gasteiger charge is -2.21. The number of nitrogens with one attached hydrogen (secondary N) is 1. The number of amides is 1. The van der Waals surface area contributed by atoms with Crippen LogP contribution in [0.5, 0.6) is 5.88 Å². The molecule has 0 radical (unpaired) electrons. The topological polar surface area (TPSA) is 93.1 Å². The van der Waals surface area contributed by atoms with Gasteiger partial charge in [0.2, 0.25) is 11.8 Å². The van der Waals surface area contributed by atoms with E-state index in [-0.39, 0.29) is 5.91 Å². The molecule has 0 fully saturated rings. The molecule has 1 amide bonds. The molecule has 0 atom stereocenters. The number of carbonyl (C=O) groups excluding carboxylic acids is 1. The highest BCUT2D eigenvalue weighted by Crippen LogP contribution is 2.22. The van der Waals surface area contributed by atoms with Gasteiger partial charge in [0, 0.05) is 38.5 Å². The Morgan fingerprint density at radius 1 is 1.12 bits per heavy atom. The molecule has 0 aliphatic carbocycles. The first-order chi connectivity index (χ1) is 12.2. The van der Waals surface area contributed by atoms with E-state index < -0.39 is 0 Å². The Kier molecular flexibility index (Phi) is 7.55. The molecule has 0 aliphatic heterocycles. The third kappa shape index (κ3) is 5.98. The molecule has 0 bridgehead atoms. The molecule has 134 valence electrons. The molecule has 0 saturated heterocycles. The number of methoxy groups -OCH3 is 1. The van der Waals surface area contributed by atoms with Gasteiger partial charge < -0.3 is 15.0 Å². The molecular weight excluding hydrogens is 320 g/mol. The second kappa shape index (κ2) is 10.2. The summed E-state index contributed by atoms with van der Waals surface area (Å²) in [7, 11) is 3.22. The number of hydrogen-bond acceptors (Lipinski definition) is 7. The summed E-state index contributed by atoms with van der Waals surface area (Å²) in [5, 5.41) is 10.9. The van der Waals surface area contributed by atoms with Gasteiger partial charge in [0.1, 0.15) is 0 Å². The molecule has 2 aromatic heterocycles. The summed E-state index contributed by atoms with van der Waals surface area (Å²) < 4.78 is 5.06. The van der Waals surface area contributed by atoms with Crippen LogP contribution in [0.25, 0.3) is 0 Å². The molecule has 2 heterocycles. The number of rotatable bonds is 10. The number of hydrogen-bond donors (Lipinski definition) is 1. The Bertz CT molecular complexity index is 635. The van der Waals surface area contributed by atoms with Crippen LogP contribution < -0.4 is 15.0 Å². The van der Waals surface area contributed by atoms with Crippen LogP contribution in [0.4, 0.5) is 11.6 Å². The minimum Gasteiger partial charge on any atom is -0.480 e. The van der Waals surface area contributed by atoms with E-state index in [4.69, 9.17) is 4.74 Å². The lowest BCUT2D eigenvalue weighted by molar-refractivity contribution is -0.120. The van der Waals surface area contributed by atoms with E-state index in [1.165, 1.54) is 0 Å². The molecule has 0 aromatic carbocycles. The average Bonchev–Trinajstić information content (AvgIpc) is 2.68. The number of anilines is 2. The number of unbranched alkanes of at least 4 members (excludes halogenated alkanes) is 3. The van der Waals surface area contributed by atoms with E-state index >= 15 is 0 Å². The van der Waals surface area contributed by atoms with Crippen LogP contribution in [0.15, 0.2) is 30.7 Å². The Hall–Kier alpha value is -2.77. The summed E-state index contributed by atoms with van der Waals surface area (Å²) in [6.45, 7) is 0.750. The smallest absolute Gasteiger partial charge is 0.233 e. The number of carbonyl (C=O) groups is 1. The Balaban J connectivity index is 1.92. The van der Waals surface area contributed by atoms with Gasteiger partial charge in [0.25, 0.3) is 0 Å². The zero-order valence-electron chi connectivity index (χ0n) is 14.7. The highest BCUT2D eigenvalue weighted by Gasteiger charge is 2.13. The van der Waals surface area contributed by atoms with Crippen LogP contribution in [0.2, 0.25) is 0 Å². The summed E-state index contributed by atoms with van der Waals surface area (Å²) in [5.41, 5.74) is 0. The van der Waals surface area contributed by atoms with Crippen LogP contribution in [0.1, 0.15) is 32.1 Å². The maximum atomic E-state index is 11.2. The fourth-order valence-corrected chi connectivity index (χ4v) is 2.38. The standard InChI is InChI=1S/C17H24N6O2/c1-18-16(24)7-5-3-4-6-12-23(15-13-19-10-11-20-15)14-8-9-17(25-2)22-21-14/h8-11,13H,3-7,12H2,1-2H3,(H,18,24). The van der Waals surface area contributed by atoms with Crippen molar-refractivity contribution in [2.24, 2.45) is 0 Å². The van der Waals surface area contributed by atoms with Crippen LogP contribution in [-0.2, 0) is 4.79 Å². The van der Waals surface area contributed by atoms with Crippen molar-refractivity contribution in [3.8, 4) is 5.88 Å². The van der Waals surface area contributed by atoms with Crippen molar-refractivity contribution >= 4 is 17.5 Å². The van der Waals surface area contributed by atoms with Crippen LogP contribution in [0, 0.1) is 0 Å². The van der Waals surface area contributed by atoms with Crippen molar-refractivity contribution < 1.29 is 9.53 Å². The van der Waals surface area contributed by atoms with Crippen molar-refractivity contribution in [1.82, 2.24) is 25.5 Å². The number of nitrogens with zero attached hydrogens (tertiary/aromatic N) is 5. The minimum absolute atomic E-state index is 0.0923. The lowest BCUT2D eigenvalue weighted by Crippen LogP contribution is -2.21. The zero-order valence-corrected chi connectivity index (χ0v) is 14.7. The predicted molar refractivity (Wildman–Crippen MR) is 94.8 cm³/mol. The summed E-state index contributed by atoms with van der Waals surface area (Å²) in [5.74, 6) is 1.99. The fourth-order valence-electron chi connectivity index (χ4n) is 2.38. The predicted octanol–water partition coefficient (Wildman–Crippen LogP) is 2.11. The first kappa shape index (κ1) is 18.6. The highest BCUT2D eigenvalue weighted by molar-refractivity contribution is 5.75. The zero-order chi connectivity index (χ0) is 17.9. The third-order valence-electron chi connectivity index (χ3n) is 3.75. The summed E-state index contributed by atoms with van der Waals surface area (Å²) >= 11 is 0. The molecule has 0 spiro atoms. The number of aromatic nitrogens is 4. The summed E-state index contributed by atoms with van der Waals surface area (Å²) in [6, 6.07) is 3.63. The average molecular weight is 344 g/mol. The Morgan fingerprint density at radius 3 is 2.60 bits per heavy atom. The summed E-state index contributed by atoms with van der Waals surface area (Å²) in [4.78, 5) is 21.7. The van der Waals surface area contributed by atoms with Crippen LogP contribution >= 0.6 is 0 Å². The van der Waals surface area contributed by atoms with Gasteiger partial charge in [-0.05, 0) is 18.9 Å². The maximum Gasteiger partial charge on any atom is 0.233 e. The molecular formula is C17H24N6O2. The second-order valence-corrected chi connectivity index (χ2v) is 5.49. The van der Waals surface area contributed by atoms with Gasteiger partial charge in [0.15, 0.2) is 11.6 Å². The fraction of sp³-hybridized carbons (Fsp3) is 0.471. The quantitative estimate of drug-likeness (QED) is 0.660. The molecule has 2 aromatic rings. The van der Waals surface area contributed by atoms with Gasteiger partial charge in [-0.3, -0.25) is 9.78 Å². The van der Waals surface area contributed by atoms with Crippen LogP contribution in [0.3, 0.4) is 0 Å². The Labute approximate surface area is 147 Å². The molecule has 8 nitrogen and oxygen atoms in total. The maximum absolute atomic E-state index is 11.2. The van der Waals surface area contributed by atoms with Gasteiger partial charge in [-0.2, -0.15) is 0 Å². The van der Waals surface area contributed by atoms with E-state index in [1.807, 2.05) is 11.0 Å². The highest BCUT2D eigenvalue weighted by atomic mass is 16.5. The van der Waals surface area contributed by atoms with Crippen molar-refractivity contribution in [2.45, 2.75) is 32.1 Å². The van der Waals surface area contributed by atoms with E-state index in [2.05, 4.69) is 25.5 Å². The van der Waals surface area contributed by atoms with Crippen molar-refractivity contribution in [3.63, 3.8) is 0 Å². The van der Waals surface area contributed by atoms with Gasteiger partial charge in [-0.25, -0.2) is 4.98 Å². The molecule has 1 N–H and O–H groups in total. The van der Waals surface area contributed by atoms with Gasteiger partial charge in [-0.15, -0.1) is 10.2 Å². The van der Waals surface area contributed by atoms with E-state index in [1.54, 1.807) is 38.8 Å². The third-order valence-corrected chi connectivity index (χ3v) is 3.75. The minimum atomic E-state index is 0.0923. The Morgan fingerprint density at radius 2 is 1.96 bits per heavy atom. The molecule has 0 unspecified atom stereocenters. The van der Waals surface area contributed by atoms with E-state index in [0.29, 0.717) is 18.1 Å². The monoisotopic (exact) mass is 344 g/mol. The SMILES string of the molecule is CNC(=O)CCCCCCN(c1cnccn1)c1ccc(OC)nn1. The van der Waals surface area contributed by atoms with E-state index in [9.17, 15) is 4.79 Å². The second-order valence-electron chi connectivity index (χ2n) is 5.49. The molecule has 25 heavy (non-hydrogen) atoms. The van der Waals surface area contributed by atoms with Crippen molar-refractivity contribution in [2.75, 3.05) is 25.6 Å². The molecule has 2 rings (SSSR count). The van der Waals surface area contributed by atoms with Crippen molar-refractivity contribution in [3.05, 3.63) is 30.7 Å². The van der Waals surface area contributed by atoms with Crippen LogP contribution in [-0.4, -0.2) is 46.8 Å². The lowest BCUT2D eigenvalue weighted by atomic mass is 10.1. The number of ether oxygens (including phenoxy) is 1. The normalized spacial score (nSPS) is 10.3. The molecule has 8 heteroatoms. The van der Waals surface area contributed by atoms with Gasteiger partial charge >= 0.3 is 0 Å². The molecule has 0 saturated carbocycles. The first-order valence-corrected chi connectivity index (χ1v) is 8.36.